The predicted octanol–water partition coefficient (Wildman–Crippen LogP) is 0.0873. The summed E-state index contributed by atoms with van der Waals surface area (Å²) < 4.78 is 0. The maximum atomic E-state index is 11.3. The van der Waals surface area contributed by atoms with E-state index in [2.05, 4.69) is 11.2 Å². The van der Waals surface area contributed by atoms with Gasteiger partial charge in [-0.15, -0.1) is 6.42 Å². The van der Waals surface area contributed by atoms with Crippen molar-refractivity contribution in [3.8, 4) is 12.3 Å². The fourth-order valence-corrected chi connectivity index (χ4v) is 1.18. The lowest BCUT2D eigenvalue weighted by molar-refractivity contribution is -0.117. The maximum absolute atomic E-state index is 11.3. The first-order valence-corrected chi connectivity index (χ1v) is 4.60. The normalized spacial score (nSPS) is 9.19. The van der Waals surface area contributed by atoms with Gasteiger partial charge in [0.15, 0.2) is 0 Å². The van der Waals surface area contributed by atoms with Crippen LogP contribution in [0.4, 0.5) is 0 Å². The summed E-state index contributed by atoms with van der Waals surface area (Å²) in [6.07, 6.45) is 6.28. The lowest BCUT2D eigenvalue weighted by Crippen LogP contribution is -2.25. The van der Waals surface area contributed by atoms with Gasteiger partial charge in [-0.2, -0.15) is 0 Å². The van der Waals surface area contributed by atoms with E-state index in [1.807, 2.05) is 0 Å². The highest BCUT2D eigenvalue weighted by Gasteiger charge is 2.10. The van der Waals surface area contributed by atoms with Gasteiger partial charge in [0.2, 0.25) is 11.8 Å². The van der Waals surface area contributed by atoms with Crippen LogP contribution in [0.1, 0.15) is 15.9 Å². The van der Waals surface area contributed by atoms with E-state index in [9.17, 15) is 9.59 Å². The SMILES string of the molecule is C#CCNC(=O)[CH]c1ccccc1C(N)=O. The van der Waals surface area contributed by atoms with Crippen molar-refractivity contribution in [1.29, 1.82) is 0 Å². The number of carbonyl (C=O) groups excluding carboxylic acids is 2. The van der Waals surface area contributed by atoms with Crippen molar-refractivity contribution < 1.29 is 9.59 Å². The highest BCUT2D eigenvalue weighted by Crippen LogP contribution is 2.10. The number of nitrogens with one attached hydrogen (secondary N) is 1. The molecule has 0 aliphatic carbocycles. The van der Waals surface area contributed by atoms with Gasteiger partial charge in [0, 0.05) is 5.56 Å². The molecule has 0 fully saturated rings. The summed E-state index contributed by atoms with van der Waals surface area (Å²) in [6.45, 7) is 0.147. The minimum Gasteiger partial charge on any atom is -0.366 e. The molecule has 0 spiro atoms. The Hall–Kier alpha value is -2.28. The van der Waals surface area contributed by atoms with Crippen molar-refractivity contribution in [1.82, 2.24) is 5.32 Å². The number of hydrogen-bond acceptors (Lipinski definition) is 2. The van der Waals surface area contributed by atoms with Crippen LogP contribution in [-0.2, 0) is 4.79 Å². The van der Waals surface area contributed by atoms with E-state index in [-0.39, 0.29) is 12.5 Å². The molecule has 16 heavy (non-hydrogen) atoms. The Bertz CT molecular complexity index is 447. The molecular weight excluding hydrogens is 204 g/mol. The first-order chi connectivity index (χ1) is 7.65. The quantitative estimate of drug-likeness (QED) is 0.698. The molecule has 4 nitrogen and oxygen atoms in total. The topological polar surface area (TPSA) is 72.2 Å². The average molecular weight is 215 g/mol. The van der Waals surface area contributed by atoms with E-state index in [4.69, 9.17) is 12.2 Å². The van der Waals surface area contributed by atoms with Gasteiger partial charge in [-0.1, -0.05) is 24.1 Å². The Morgan fingerprint density at radius 3 is 2.75 bits per heavy atom. The molecule has 2 amide bonds. The van der Waals surface area contributed by atoms with Crippen LogP contribution in [0.25, 0.3) is 0 Å². The largest absolute Gasteiger partial charge is 0.366 e. The molecule has 0 aromatic heterocycles. The third kappa shape index (κ3) is 3.14. The van der Waals surface area contributed by atoms with E-state index in [0.717, 1.165) is 0 Å². The Labute approximate surface area is 93.8 Å². The average Bonchev–Trinajstić information content (AvgIpc) is 2.27. The number of terminal acetylenes is 1. The Morgan fingerprint density at radius 1 is 1.44 bits per heavy atom. The van der Waals surface area contributed by atoms with Crippen molar-refractivity contribution in [3.05, 3.63) is 41.8 Å². The van der Waals surface area contributed by atoms with Crippen LogP contribution in [-0.4, -0.2) is 18.4 Å². The van der Waals surface area contributed by atoms with E-state index >= 15 is 0 Å². The van der Waals surface area contributed by atoms with Crippen LogP contribution in [0.5, 0.6) is 0 Å². The lowest BCUT2D eigenvalue weighted by atomic mass is 10.0. The molecule has 0 atom stereocenters. The molecule has 0 unspecified atom stereocenters. The van der Waals surface area contributed by atoms with Crippen molar-refractivity contribution in [3.63, 3.8) is 0 Å². The van der Waals surface area contributed by atoms with Crippen molar-refractivity contribution in [2.45, 2.75) is 0 Å². The molecule has 0 heterocycles. The molecule has 0 saturated heterocycles. The van der Waals surface area contributed by atoms with Crippen molar-refractivity contribution in [2.75, 3.05) is 6.54 Å². The summed E-state index contributed by atoms with van der Waals surface area (Å²) in [7, 11) is 0. The number of carbonyl (C=O) groups is 2. The monoisotopic (exact) mass is 215 g/mol. The zero-order valence-electron chi connectivity index (χ0n) is 8.57. The third-order valence-corrected chi connectivity index (χ3v) is 1.88. The standard InChI is InChI=1S/C12H11N2O2/c1-2-7-14-11(15)8-9-5-3-4-6-10(9)12(13)16/h1,3-6,8H,7H2,(H2,13,16)(H,14,15). The van der Waals surface area contributed by atoms with Crippen LogP contribution in [0.15, 0.2) is 24.3 Å². The summed E-state index contributed by atoms with van der Waals surface area (Å²) in [5.41, 5.74) is 5.95. The molecule has 4 heteroatoms. The van der Waals surface area contributed by atoms with Gasteiger partial charge in [0.25, 0.3) is 0 Å². The van der Waals surface area contributed by atoms with Gasteiger partial charge >= 0.3 is 0 Å². The minimum atomic E-state index is -0.573. The summed E-state index contributed by atoms with van der Waals surface area (Å²) in [5, 5.41) is 2.46. The lowest BCUT2D eigenvalue weighted by Gasteiger charge is -2.05. The maximum Gasteiger partial charge on any atom is 0.249 e. The Balaban J connectivity index is 2.77. The summed E-state index contributed by atoms with van der Waals surface area (Å²) in [6, 6.07) is 6.59. The van der Waals surface area contributed by atoms with Crippen LogP contribution in [0.3, 0.4) is 0 Å². The number of benzene rings is 1. The van der Waals surface area contributed by atoms with Gasteiger partial charge < -0.3 is 11.1 Å². The first-order valence-electron chi connectivity index (χ1n) is 4.60. The van der Waals surface area contributed by atoms with Gasteiger partial charge in [0.05, 0.1) is 13.0 Å². The zero-order chi connectivity index (χ0) is 12.0. The van der Waals surface area contributed by atoms with E-state index < -0.39 is 5.91 Å². The van der Waals surface area contributed by atoms with E-state index in [1.165, 1.54) is 6.42 Å². The Morgan fingerprint density at radius 2 is 2.12 bits per heavy atom. The highest BCUT2D eigenvalue weighted by atomic mass is 16.2. The molecule has 0 bridgehead atoms. The van der Waals surface area contributed by atoms with Crippen LogP contribution in [0, 0.1) is 18.8 Å². The van der Waals surface area contributed by atoms with Crippen LogP contribution >= 0.6 is 0 Å². The minimum absolute atomic E-state index is 0.147. The first kappa shape index (κ1) is 11.8. The molecule has 0 aliphatic rings. The van der Waals surface area contributed by atoms with Crippen molar-refractivity contribution in [2.24, 2.45) is 5.73 Å². The summed E-state index contributed by atoms with van der Waals surface area (Å²) in [4.78, 5) is 22.4. The second-order valence-corrected chi connectivity index (χ2v) is 3.02. The number of amides is 2. The molecule has 3 N–H and O–H groups in total. The fourth-order valence-electron chi connectivity index (χ4n) is 1.18. The summed E-state index contributed by atoms with van der Waals surface area (Å²) >= 11 is 0. The third-order valence-electron chi connectivity index (χ3n) is 1.88. The van der Waals surface area contributed by atoms with E-state index in [0.29, 0.717) is 11.1 Å². The predicted molar refractivity (Wildman–Crippen MR) is 60.2 cm³/mol. The van der Waals surface area contributed by atoms with Crippen molar-refractivity contribution >= 4 is 11.8 Å². The molecule has 0 aliphatic heterocycles. The number of rotatable bonds is 4. The molecule has 81 valence electrons. The highest BCUT2D eigenvalue weighted by molar-refractivity contribution is 5.98. The molecule has 1 aromatic carbocycles. The van der Waals surface area contributed by atoms with Crippen LogP contribution < -0.4 is 11.1 Å². The number of hydrogen-bond donors (Lipinski definition) is 2. The van der Waals surface area contributed by atoms with E-state index in [1.54, 1.807) is 24.3 Å². The van der Waals surface area contributed by atoms with Gasteiger partial charge in [0.1, 0.15) is 0 Å². The van der Waals surface area contributed by atoms with Gasteiger partial charge in [-0.05, 0) is 11.6 Å². The molecule has 0 saturated carbocycles. The summed E-state index contributed by atoms with van der Waals surface area (Å²) in [5.74, 6) is 1.35. The van der Waals surface area contributed by atoms with Crippen LogP contribution in [0.2, 0.25) is 0 Å². The van der Waals surface area contributed by atoms with Gasteiger partial charge in [-0.3, -0.25) is 9.59 Å². The Kier molecular flexibility index (Phi) is 4.10. The molecular formula is C12H11N2O2. The number of primary amides is 1. The molecule has 1 rings (SSSR count). The fraction of sp³-hybridized carbons (Fsp3) is 0.0833. The zero-order valence-corrected chi connectivity index (χ0v) is 8.57. The molecule has 1 aromatic rings. The smallest absolute Gasteiger partial charge is 0.249 e. The second-order valence-electron chi connectivity index (χ2n) is 3.02. The molecule has 1 radical (unpaired) electrons. The second kappa shape index (κ2) is 5.56. The van der Waals surface area contributed by atoms with Gasteiger partial charge in [-0.25, -0.2) is 0 Å². The number of nitrogens with two attached hydrogens (primary N) is 1.